The maximum Gasteiger partial charge on any atom is 0.317 e. The van der Waals surface area contributed by atoms with Crippen molar-refractivity contribution in [3.63, 3.8) is 0 Å². The van der Waals surface area contributed by atoms with E-state index in [4.69, 9.17) is 0 Å². The molecule has 0 saturated carbocycles. The van der Waals surface area contributed by atoms with E-state index >= 15 is 0 Å². The van der Waals surface area contributed by atoms with E-state index in [9.17, 15) is 14.3 Å². The number of benzene rings is 4. The van der Waals surface area contributed by atoms with E-state index in [0.717, 1.165) is 22.3 Å². The maximum atomic E-state index is 13.4. The summed E-state index contributed by atoms with van der Waals surface area (Å²) in [6, 6.07) is 36.1. The largest absolute Gasteiger partial charge is 0.480 e. The van der Waals surface area contributed by atoms with Crippen LogP contribution < -0.4 is 0 Å². The Bertz CT molecular complexity index is 1050. The molecule has 0 fully saturated rings. The summed E-state index contributed by atoms with van der Waals surface area (Å²) in [5.74, 6) is -1.23. The van der Waals surface area contributed by atoms with Crippen molar-refractivity contribution in [2.45, 2.75) is 16.4 Å². The molecule has 0 aliphatic heterocycles. The molecule has 32 heavy (non-hydrogen) atoms. The Morgan fingerprint density at radius 1 is 0.719 bits per heavy atom. The molecule has 1 unspecified atom stereocenters. The van der Waals surface area contributed by atoms with Crippen molar-refractivity contribution in [3.8, 4) is 0 Å². The number of thioether (sulfide) groups is 1. The average molecular weight is 443 g/mol. The average Bonchev–Trinajstić information content (AvgIpc) is 2.84. The van der Waals surface area contributed by atoms with Crippen LogP contribution in [0.4, 0.5) is 4.39 Å². The minimum atomic E-state index is -0.897. The Labute approximate surface area is 191 Å². The van der Waals surface area contributed by atoms with Crippen molar-refractivity contribution in [3.05, 3.63) is 143 Å². The van der Waals surface area contributed by atoms with Gasteiger partial charge in [0, 0.05) is 0 Å². The smallest absolute Gasteiger partial charge is 0.317 e. The van der Waals surface area contributed by atoms with E-state index in [1.807, 2.05) is 91.0 Å². The van der Waals surface area contributed by atoms with Crippen LogP contribution in [0.25, 0.3) is 0 Å². The lowest BCUT2D eigenvalue weighted by atomic mass is 9.84. The first kappa shape index (κ1) is 21.8. The molecule has 1 N–H and O–H groups in total. The van der Waals surface area contributed by atoms with E-state index in [1.165, 1.54) is 23.9 Å². The van der Waals surface area contributed by atoms with Crippen LogP contribution in [-0.4, -0.2) is 16.3 Å². The Morgan fingerprint density at radius 3 is 1.50 bits per heavy atom. The fraction of sp³-hybridized carbons (Fsp3) is 0.107. The lowest BCUT2D eigenvalue weighted by Crippen LogP contribution is -2.32. The quantitative estimate of drug-likeness (QED) is 0.315. The summed E-state index contributed by atoms with van der Waals surface area (Å²) in [7, 11) is 0. The van der Waals surface area contributed by atoms with Gasteiger partial charge in [-0.15, -0.1) is 11.8 Å². The van der Waals surface area contributed by atoms with Gasteiger partial charge in [-0.25, -0.2) is 4.39 Å². The van der Waals surface area contributed by atoms with E-state index < -0.39 is 16.0 Å². The van der Waals surface area contributed by atoms with Crippen LogP contribution in [-0.2, 0) is 16.0 Å². The Hall–Kier alpha value is -3.37. The first-order chi connectivity index (χ1) is 15.6. The zero-order chi connectivity index (χ0) is 22.4. The van der Waals surface area contributed by atoms with Gasteiger partial charge in [0.1, 0.15) is 11.1 Å². The third-order valence-corrected chi connectivity index (χ3v) is 7.18. The minimum absolute atomic E-state index is 0.286. The van der Waals surface area contributed by atoms with Crippen LogP contribution in [0.3, 0.4) is 0 Å². The predicted octanol–water partition coefficient (Wildman–Crippen LogP) is 6.55. The van der Waals surface area contributed by atoms with E-state index in [0.29, 0.717) is 0 Å². The van der Waals surface area contributed by atoms with Crippen molar-refractivity contribution < 1.29 is 14.3 Å². The number of aliphatic carboxylic acids is 1. The van der Waals surface area contributed by atoms with Crippen molar-refractivity contribution in [2.24, 2.45) is 0 Å². The van der Waals surface area contributed by atoms with Gasteiger partial charge < -0.3 is 5.11 Å². The van der Waals surface area contributed by atoms with Crippen LogP contribution in [0, 0.1) is 5.82 Å². The molecular formula is C28H23FO2S. The third-order valence-electron chi connectivity index (χ3n) is 5.47. The normalized spacial score (nSPS) is 12.3. The zero-order valence-corrected chi connectivity index (χ0v) is 18.2. The predicted molar refractivity (Wildman–Crippen MR) is 128 cm³/mol. The number of hydrogen-bond donors (Lipinski definition) is 1. The van der Waals surface area contributed by atoms with Gasteiger partial charge in [0.25, 0.3) is 0 Å². The lowest BCUT2D eigenvalue weighted by Gasteiger charge is -2.37. The van der Waals surface area contributed by atoms with Crippen molar-refractivity contribution in [1.82, 2.24) is 0 Å². The second kappa shape index (κ2) is 9.84. The molecule has 0 bridgehead atoms. The monoisotopic (exact) mass is 442 g/mol. The highest BCUT2D eigenvalue weighted by Gasteiger charge is 2.41. The Morgan fingerprint density at radius 2 is 1.12 bits per heavy atom. The molecule has 0 radical (unpaired) electrons. The minimum Gasteiger partial charge on any atom is -0.480 e. The topological polar surface area (TPSA) is 37.3 Å². The molecular weight excluding hydrogens is 419 g/mol. The van der Waals surface area contributed by atoms with Gasteiger partial charge in [-0.2, -0.15) is 0 Å². The summed E-state index contributed by atoms with van der Waals surface area (Å²) in [4.78, 5) is 12.4. The van der Waals surface area contributed by atoms with Crippen molar-refractivity contribution in [2.75, 3.05) is 0 Å². The van der Waals surface area contributed by atoms with Crippen LogP contribution >= 0.6 is 11.8 Å². The summed E-state index contributed by atoms with van der Waals surface area (Å²) >= 11 is 1.41. The van der Waals surface area contributed by atoms with Crippen molar-refractivity contribution >= 4 is 17.7 Å². The van der Waals surface area contributed by atoms with E-state index in [1.54, 1.807) is 12.1 Å². The molecule has 0 aliphatic carbocycles. The van der Waals surface area contributed by atoms with Crippen LogP contribution in [0.2, 0.25) is 0 Å². The Kier molecular flexibility index (Phi) is 6.72. The highest BCUT2D eigenvalue weighted by molar-refractivity contribution is 8.01. The summed E-state index contributed by atoms with van der Waals surface area (Å²) in [5, 5.41) is 9.45. The molecule has 0 aliphatic rings. The van der Waals surface area contributed by atoms with Gasteiger partial charge in [0.05, 0.1) is 4.75 Å². The van der Waals surface area contributed by atoms with Crippen LogP contribution in [0.5, 0.6) is 0 Å². The molecule has 4 aromatic carbocycles. The molecule has 0 spiro atoms. The molecule has 0 saturated heterocycles. The second-order valence-electron chi connectivity index (χ2n) is 7.55. The van der Waals surface area contributed by atoms with Crippen molar-refractivity contribution in [1.29, 1.82) is 0 Å². The zero-order valence-electron chi connectivity index (χ0n) is 17.4. The highest BCUT2D eigenvalue weighted by atomic mass is 32.2. The number of carboxylic acid groups (broad SMARTS) is 1. The number of carbonyl (C=O) groups is 1. The maximum absolute atomic E-state index is 13.4. The van der Waals surface area contributed by atoms with Crippen LogP contribution in [0.15, 0.2) is 115 Å². The molecule has 0 heterocycles. The third kappa shape index (κ3) is 4.61. The summed E-state index contributed by atoms with van der Waals surface area (Å²) in [6.07, 6.45) is 0.286. The standard InChI is InChI=1S/C28H23FO2S/c29-25-18-16-21(17-19-25)20-26(27(30)31)32-28(22-10-4-1-5-11-22,23-12-6-2-7-13-23)24-14-8-3-9-15-24/h1-19,26H,20H2,(H,30,31). The summed E-state index contributed by atoms with van der Waals surface area (Å²) in [6.45, 7) is 0. The number of hydrogen-bond acceptors (Lipinski definition) is 2. The number of rotatable bonds is 8. The lowest BCUT2D eigenvalue weighted by molar-refractivity contribution is -0.136. The van der Waals surface area contributed by atoms with Gasteiger partial charge in [-0.3, -0.25) is 4.79 Å². The molecule has 4 heteroatoms. The molecule has 0 aromatic heterocycles. The first-order valence-electron chi connectivity index (χ1n) is 10.4. The Balaban J connectivity index is 1.88. The van der Waals surface area contributed by atoms with Gasteiger partial charge in [0.15, 0.2) is 0 Å². The molecule has 160 valence electrons. The fourth-order valence-corrected chi connectivity index (χ4v) is 5.57. The molecule has 4 aromatic rings. The van der Waals surface area contributed by atoms with Gasteiger partial charge in [-0.05, 0) is 40.8 Å². The van der Waals surface area contributed by atoms with Gasteiger partial charge in [0.2, 0.25) is 0 Å². The van der Waals surface area contributed by atoms with Crippen LogP contribution in [0.1, 0.15) is 22.3 Å². The SMILES string of the molecule is O=C(O)C(Cc1ccc(F)cc1)SC(c1ccccc1)(c1ccccc1)c1ccccc1. The number of carboxylic acids is 1. The summed E-state index contributed by atoms with van der Waals surface area (Å²) in [5.41, 5.74) is 3.81. The summed E-state index contributed by atoms with van der Waals surface area (Å²) < 4.78 is 12.7. The molecule has 4 rings (SSSR count). The van der Waals surface area contributed by atoms with Gasteiger partial charge in [-0.1, -0.05) is 103 Å². The first-order valence-corrected chi connectivity index (χ1v) is 11.3. The molecule has 0 amide bonds. The van der Waals surface area contributed by atoms with E-state index in [2.05, 4.69) is 0 Å². The fourth-order valence-electron chi connectivity index (χ4n) is 3.95. The number of halogens is 1. The van der Waals surface area contributed by atoms with E-state index in [-0.39, 0.29) is 12.2 Å². The van der Waals surface area contributed by atoms with Gasteiger partial charge >= 0.3 is 5.97 Å². The molecule has 1 atom stereocenters. The molecule has 2 nitrogen and oxygen atoms in total. The second-order valence-corrected chi connectivity index (χ2v) is 8.97. The highest BCUT2D eigenvalue weighted by Crippen LogP contribution is 2.50.